The van der Waals surface area contributed by atoms with Crippen LogP contribution in [0.1, 0.15) is 25.3 Å². The van der Waals surface area contributed by atoms with Crippen LogP contribution in [0.4, 0.5) is 0 Å². The molecule has 0 N–H and O–H groups in total. The molecule has 11 heavy (non-hydrogen) atoms. The predicted octanol–water partition coefficient (Wildman–Crippen LogP) is 2.40. The third-order valence-corrected chi connectivity index (χ3v) is 2.30. The summed E-state index contributed by atoms with van der Waals surface area (Å²) in [5.74, 6) is 0. The van der Waals surface area contributed by atoms with Gasteiger partial charge in [0, 0.05) is 5.56 Å². The SMILES string of the molecule is CCCCc1ccccc1[SH2+]. The van der Waals surface area contributed by atoms with Crippen molar-refractivity contribution in [1.29, 1.82) is 0 Å². The van der Waals surface area contributed by atoms with Crippen molar-refractivity contribution in [1.82, 2.24) is 0 Å². The predicted molar refractivity (Wildman–Crippen MR) is 53.5 cm³/mol. The monoisotopic (exact) mass is 167 g/mol. The van der Waals surface area contributed by atoms with Gasteiger partial charge in [0.2, 0.25) is 0 Å². The molecule has 0 unspecified atom stereocenters. The van der Waals surface area contributed by atoms with Gasteiger partial charge in [0.15, 0.2) is 4.90 Å². The van der Waals surface area contributed by atoms with Crippen molar-refractivity contribution in [3.63, 3.8) is 0 Å². The van der Waals surface area contributed by atoms with E-state index in [9.17, 15) is 0 Å². The highest BCUT2D eigenvalue weighted by atomic mass is 32.1. The zero-order valence-corrected chi connectivity index (χ0v) is 7.93. The van der Waals surface area contributed by atoms with Crippen LogP contribution >= 0.6 is 0 Å². The number of rotatable bonds is 3. The van der Waals surface area contributed by atoms with Crippen LogP contribution in [0, 0.1) is 0 Å². The minimum absolute atomic E-state index is 1.19. The Morgan fingerprint density at radius 3 is 2.64 bits per heavy atom. The molecule has 60 valence electrons. The fourth-order valence-corrected chi connectivity index (χ4v) is 1.41. The maximum Gasteiger partial charge on any atom is 0.153 e. The summed E-state index contributed by atoms with van der Waals surface area (Å²) in [5.41, 5.74) is 1.42. The van der Waals surface area contributed by atoms with Gasteiger partial charge in [0.05, 0.1) is 0 Å². The van der Waals surface area contributed by atoms with E-state index in [0.717, 1.165) is 0 Å². The van der Waals surface area contributed by atoms with Gasteiger partial charge in [-0.15, -0.1) is 0 Å². The second-order valence-electron chi connectivity index (χ2n) is 2.76. The van der Waals surface area contributed by atoms with Crippen LogP contribution in [0.25, 0.3) is 0 Å². The number of aryl methyl sites for hydroxylation is 1. The van der Waals surface area contributed by atoms with Gasteiger partial charge in [-0.25, -0.2) is 0 Å². The second-order valence-corrected chi connectivity index (χ2v) is 3.30. The second kappa shape index (κ2) is 4.45. The molecule has 1 aromatic carbocycles. The lowest BCUT2D eigenvalue weighted by Gasteiger charge is -1.97. The molecular formula is C10H15S+. The van der Waals surface area contributed by atoms with E-state index in [0.29, 0.717) is 0 Å². The molecule has 0 amide bonds. The van der Waals surface area contributed by atoms with Gasteiger partial charge in [0.25, 0.3) is 0 Å². The Bertz CT molecular complexity index is 218. The molecule has 0 saturated heterocycles. The van der Waals surface area contributed by atoms with Crippen molar-refractivity contribution < 1.29 is 0 Å². The van der Waals surface area contributed by atoms with E-state index in [-0.39, 0.29) is 0 Å². The lowest BCUT2D eigenvalue weighted by molar-refractivity contribution is 0.785. The highest BCUT2D eigenvalue weighted by Crippen LogP contribution is 2.10. The molecular weight excluding hydrogens is 152 g/mol. The molecule has 0 aromatic heterocycles. The van der Waals surface area contributed by atoms with E-state index in [1.807, 2.05) is 0 Å². The van der Waals surface area contributed by atoms with E-state index in [4.69, 9.17) is 0 Å². The average molecular weight is 167 g/mol. The average Bonchev–Trinajstić information content (AvgIpc) is 2.03. The Morgan fingerprint density at radius 1 is 1.27 bits per heavy atom. The van der Waals surface area contributed by atoms with E-state index < -0.39 is 0 Å². The minimum Gasteiger partial charge on any atom is -0.0654 e. The van der Waals surface area contributed by atoms with Crippen molar-refractivity contribution in [2.24, 2.45) is 0 Å². The van der Waals surface area contributed by atoms with E-state index >= 15 is 0 Å². The quantitative estimate of drug-likeness (QED) is 0.606. The van der Waals surface area contributed by atoms with Crippen molar-refractivity contribution in [3.05, 3.63) is 29.8 Å². The van der Waals surface area contributed by atoms with E-state index in [2.05, 4.69) is 43.8 Å². The third-order valence-electron chi connectivity index (χ3n) is 1.82. The van der Waals surface area contributed by atoms with Crippen LogP contribution in [0.15, 0.2) is 29.2 Å². The maximum absolute atomic E-state index is 3.58. The fraction of sp³-hybridized carbons (Fsp3) is 0.400. The van der Waals surface area contributed by atoms with Gasteiger partial charge in [-0.3, -0.25) is 0 Å². The van der Waals surface area contributed by atoms with Crippen LogP contribution in [-0.4, -0.2) is 0 Å². The van der Waals surface area contributed by atoms with Crippen molar-refractivity contribution in [2.45, 2.75) is 31.1 Å². The fourth-order valence-electron chi connectivity index (χ4n) is 1.11. The molecule has 0 bridgehead atoms. The first-order chi connectivity index (χ1) is 5.34. The molecule has 0 aliphatic rings. The zero-order chi connectivity index (χ0) is 8.10. The van der Waals surface area contributed by atoms with Gasteiger partial charge < -0.3 is 0 Å². The van der Waals surface area contributed by atoms with Crippen LogP contribution < -0.4 is 0 Å². The van der Waals surface area contributed by atoms with Crippen molar-refractivity contribution >= 4 is 12.6 Å². The highest BCUT2D eigenvalue weighted by molar-refractivity contribution is 7.58. The molecule has 0 aliphatic carbocycles. The van der Waals surface area contributed by atoms with Gasteiger partial charge in [-0.2, -0.15) is 0 Å². The zero-order valence-electron chi connectivity index (χ0n) is 6.93. The Kier molecular flexibility index (Phi) is 3.50. The Hall–Kier alpha value is -0.430. The molecule has 0 heterocycles. The molecule has 0 aliphatic heterocycles. The Balaban J connectivity index is 2.62. The lowest BCUT2D eigenvalue weighted by atomic mass is 10.1. The molecule has 0 atom stereocenters. The van der Waals surface area contributed by atoms with E-state index in [1.54, 1.807) is 0 Å². The molecule has 0 radical (unpaired) electrons. The molecule has 1 heteroatoms. The number of unbranched alkanes of at least 4 members (excludes halogenated alkanes) is 1. The topological polar surface area (TPSA) is 0 Å². The summed E-state index contributed by atoms with van der Waals surface area (Å²) in [7, 11) is 0. The summed E-state index contributed by atoms with van der Waals surface area (Å²) >= 11 is 3.58. The van der Waals surface area contributed by atoms with Crippen LogP contribution in [0.2, 0.25) is 0 Å². The normalized spacial score (nSPS) is 10.0. The summed E-state index contributed by atoms with van der Waals surface area (Å²) in [6.45, 7) is 2.22. The standard InChI is InChI=1S/C10H14S/c1-2-3-6-9-7-4-5-8-10(9)11/h4-5,7-8,11H,2-3,6H2,1H3/p+1. The first kappa shape index (κ1) is 8.66. The highest BCUT2D eigenvalue weighted by Gasteiger charge is 1.99. The third kappa shape index (κ3) is 2.58. The number of hydrogen-bond acceptors (Lipinski definition) is 0. The number of benzene rings is 1. The summed E-state index contributed by atoms with van der Waals surface area (Å²) in [6.07, 6.45) is 3.73. The van der Waals surface area contributed by atoms with Crippen LogP contribution in [-0.2, 0) is 19.0 Å². The van der Waals surface area contributed by atoms with Crippen LogP contribution in [0.3, 0.4) is 0 Å². The molecule has 1 rings (SSSR count). The summed E-state index contributed by atoms with van der Waals surface area (Å²) < 4.78 is 0. The van der Waals surface area contributed by atoms with Crippen molar-refractivity contribution in [2.75, 3.05) is 0 Å². The molecule has 0 spiro atoms. The van der Waals surface area contributed by atoms with Crippen LogP contribution in [0.5, 0.6) is 0 Å². The van der Waals surface area contributed by atoms with Crippen molar-refractivity contribution in [3.8, 4) is 0 Å². The lowest BCUT2D eigenvalue weighted by Crippen LogP contribution is -1.87. The van der Waals surface area contributed by atoms with Gasteiger partial charge >= 0.3 is 0 Å². The smallest absolute Gasteiger partial charge is 0.0654 e. The van der Waals surface area contributed by atoms with Gasteiger partial charge in [-0.05, 0) is 31.5 Å². The maximum atomic E-state index is 3.58. The molecule has 0 fully saturated rings. The Morgan fingerprint density at radius 2 is 2.00 bits per heavy atom. The minimum atomic E-state index is 1.19. The Labute approximate surface area is 74.0 Å². The molecule has 1 aromatic rings. The van der Waals surface area contributed by atoms with Gasteiger partial charge in [0.1, 0.15) is 0 Å². The first-order valence-electron chi connectivity index (χ1n) is 4.14. The summed E-state index contributed by atoms with van der Waals surface area (Å²) in [4.78, 5) is 1.24. The number of hydrogen-bond donors (Lipinski definition) is 0. The largest absolute Gasteiger partial charge is 0.153 e. The summed E-state index contributed by atoms with van der Waals surface area (Å²) in [5, 5.41) is 0. The summed E-state index contributed by atoms with van der Waals surface area (Å²) in [6, 6.07) is 8.42. The molecule has 0 nitrogen and oxygen atoms in total. The van der Waals surface area contributed by atoms with E-state index in [1.165, 1.54) is 29.7 Å². The molecule has 0 saturated carbocycles. The first-order valence-corrected chi connectivity index (χ1v) is 4.64. The van der Waals surface area contributed by atoms with Gasteiger partial charge in [-0.1, -0.05) is 31.5 Å².